The summed E-state index contributed by atoms with van der Waals surface area (Å²) >= 11 is 0. The first-order valence-corrected chi connectivity index (χ1v) is 28.7. The molecular formula is C57H109NO10. The van der Waals surface area contributed by atoms with E-state index in [-0.39, 0.29) is 12.8 Å². The van der Waals surface area contributed by atoms with E-state index >= 15 is 0 Å². The molecule has 68 heavy (non-hydrogen) atoms. The van der Waals surface area contributed by atoms with Crippen LogP contribution in [0.15, 0.2) is 24.3 Å². The van der Waals surface area contributed by atoms with Crippen LogP contribution in [0.2, 0.25) is 0 Å². The Hall–Kier alpha value is -1.41. The van der Waals surface area contributed by atoms with Crippen molar-refractivity contribution in [3.8, 4) is 0 Å². The summed E-state index contributed by atoms with van der Waals surface area (Å²) in [5.41, 5.74) is 0. The number of nitrogens with one attached hydrogen (secondary N) is 1. The van der Waals surface area contributed by atoms with Crippen LogP contribution in [0, 0.1) is 0 Å². The van der Waals surface area contributed by atoms with Gasteiger partial charge in [0, 0.05) is 0 Å². The number of hydrogen-bond donors (Lipinski definition) is 8. The second-order valence-electron chi connectivity index (χ2n) is 20.4. The van der Waals surface area contributed by atoms with E-state index in [2.05, 4.69) is 43.5 Å². The fourth-order valence-corrected chi connectivity index (χ4v) is 9.28. The van der Waals surface area contributed by atoms with Crippen LogP contribution in [0.5, 0.6) is 0 Å². The lowest BCUT2D eigenvalue weighted by Gasteiger charge is -2.40. The quantitative estimate of drug-likeness (QED) is 0.0215. The summed E-state index contributed by atoms with van der Waals surface area (Å²) in [6, 6.07) is -1.19. The van der Waals surface area contributed by atoms with Crippen LogP contribution in [-0.4, -0.2) is 110 Å². The van der Waals surface area contributed by atoms with Gasteiger partial charge in [-0.05, 0) is 51.4 Å². The smallest absolute Gasteiger partial charge is 0.249 e. The Morgan fingerprint density at radius 1 is 0.500 bits per heavy atom. The molecule has 1 aliphatic rings. The second-order valence-corrected chi connectivity index (χ2v) is 20.4. The summed E-state index contributed by atoms with van der Waals surface area (Å²) in [6.45, 7) is 3.46. The van der Waals surface area contributed by atoms with Gasteiger partial charge in [-0.3, -0.25) is 4.79 Å². The predicted molar refractivity (Wildman–Crippen MR) is 279 cm³/mol. The first-order valence-electron chi connectivity index (χ1n) is 28.7. The van der Waals surface area contributed by atoms with Gasteiger partial charge >= 0.3 is 0 Å². The van der Waals surface area contributed by atoms with Gasteiger partial charge in [0.25, 0.3) is 0 Å². The van der Waals surface area contributed by atoms with Crippen molar-refractivity contribution in [1.29, 1.82) is 0 Å². The highest BCUT2D eigenvalue weighted by molar-refractivity contribution is 5.80. The van der Waals surface area contributed by atoms with Crippen molar-refractivity contribution in [3.05, 3.63) is 24.3 Å². The summed E-state index contributed by atoms with van der Waals surface area (Å²) in [5, 5.41) is 76.0. The number of hydrogen-bond acceptors (Lipinski definition) is 10. The largest absolute Gasteiger partial charge is 0.394 e. The highest BCUT2D eigenvalue weighted by Crippen LogP contribution is 2.23. The molecule has 0 aromatic carbocycles. The molecule has 11 heteroatoms. The Balaban J connectivity index is 2.34. The van der Waals surface area contributed by atoms with E-state index in [1.807, 2.05) is 0 Å². The Kier molecular flexibility index (Phi) is 44.3. The average Bonchev–Trinajstić information content (AvgIpc) is 3.34. The summed E-state index contributed by atoms with van der Waals surface area (Å²) in [7, 11) is 0. The van der Waals surface area contributed by atoms with Crippen LogP contribution in [0.25, 0.3) is 0 Å². The molecule has 1 fully saturated rings. The number of aliphatic hydroxyl groups is 7. The molecule has 0 bridgehead atoms. The van der Waals surface area contributed by atoms with Gasteiger partial charge in [-0.1, -0.05) is 237 Å². The average molecular weight is 968 g/mol. The van der Waals surface area contributed by atoms with E-state index in [4.69, 9.17) is 9.47 Å². The maximum absolute atomic E-state index is 13.1. The van der Waals surface area contributed by atoms with Gasteiger partial charge in [-0.25, -0.2) is 0 Å². The molecule has 402 valence electrons. The summed E-state index contributed by atoms with van der Waals surface area (Å²) in [4.78, 5) is 13.1. The van der Waals surface area contributed by atoms with E-state index in [1.165, 1.54) is 180 Å². The maximum atomic E-state index is 13.1. The molecule has 0 radical (unpaired) electrons. The van der Waals surface area contributed by atoms with Gasteiger partial charge in [0.05, 0.1) is 25.4 Å². The van der Waals surface area contributed by atoms with Crippen LogP contribution in [0.1, 0.15) is 264 Å². The SMILES string of the molecule is CCCCCCCCCCCCCCCCCC/C=C/CC/C=C/CCCC(O)C(O)C(COC1OC(CO)C(O)C(O)C1O)NC(=O)C(O)CCCCCCCCCCCCCCCCCC. The third kappa shape index (κ3) is 34.8. The van der Waals surface area contributed by atoms with E-state index < -0.39 is 74.2 Å². The molecule has 1 heterocycles. The lowest BCUT2D eigenvalue weighted by atomic mass is 9.98. The topological polar surface area (TPSA) is 189 Å². The number of rotatable bonds is 49. The minimum absolute atomic E-state index is 0.249. The number of unbranched alkanes of at least 4 members (excludes halogenated alkanes) is 33. The molecule has 11 nitrogen and oxygen atoms in total. The van der Waals surface area contributed by atoms with Gasteiger partial charge in [0.2, 0.25) is 5.91 Å². The van der Waals surface area contributed by atoms with Crippen molar-refractivity contribution in [2.45, 2.75) is 319 Å². The molecule has 0 aliphatic carbocycles. The summed E-state index contributed by atoms with van der Waals surface area (Å²) < 4.78 is 11.1. The van der Waals surface area contributed by atoms with Crippen LogP contribution in [-0.2, 0) is 14.3 Å². The van der Waals surface area contributed by atoms with Gasteiger partial charge in [0.1, 0.15) is 36.6 Å². The minimum Gasteiger partial charge on any atom is -0.394 e. The zero-order chi connectivity index (χ0) is 49.7. The van der Waals surface area contributed by atoms with Crippen LogP contribution in [0.3, 0.4) is 0 Å². The maximum Gasteiger partial charge on any atom is 0.249 e. The zero-order valence-electron chi connectivity index (χ0n) is 43.9. The number of carbonyl (C=O) groups is 1. The fourth-order valence-electron chi connectivity index (χ4n) is 9.28. The highest BCUT2D eigenvalue weighted by atomic mass is 16.7. The lowest BCUT2D eigenvalue weighted by Crippen LogP contribution is -2.60. The Labute approximate surface area is 416 Å². The van der Waals surface area contributed by atoms with E-state index in [0.717, 1.165) is 38.5 Å². The third-order valence-corrected chi connectivity index (χ3v) is 14.0. The number of ether oxygens (including phenoxy) is 2. The number of amides is 1. The second kappa shape index (κ2) is 46.6. The number of allylic oxidation sites excluding steroid dienone is 4. The molecule has 0 spiro atoms. The van der Waals surface area contributed by atoms with E-state index in [0.29, 0.717) is 19.3 Å². The van der Waals surface area contributed by atoms with E-state index in [1.54, 1.807) is 0 Å². The molecule has 0 aromatic heterocycles. The molecular weight excluding hydrogens is 859 g/mol. The number of aliphatic hydroxyl groups excluding tert-OH is 7. The Bertz CT molecular complexity index is 1160. The van der Waals surface area contributed by atoms with Crippen LogP contribution in [0.4, 0.5) is 0 Å². The number of carbonyl (C=O) groups excluding carboxylic acids is 1. The highest BCUT2D eigenvalue weighted by Gasteiger charge is 2.44. The molecule has 0 saturated carbocycles. The van der Waals surface area contributed by atoms with Gasteiger partial charge in [-0.15, -0.1) is 0 Å². The van der Waals surface area contributed by atoms with E-state index in [9.17, 15) is 40.5 Å². The molecule has 9 atom stereocenters. The monoisotopic (exact) mass is 968 g/mol. The van der Waals surface area contributed by atoms with Crippen molar-refractivity contribution in [2.75, 3.05) is 13.2 Å². The lowest BCUT2D eigenvalue weighted by molar-refractivity contribution is -0.303. The standard InChI is InChI=1S/C57H109NO10/c1-3-5-7-9-11-13-15-17-19-21-22-23-24-25-26-27-28-29-31-32-34-36-38-40-42-44-49(60)52(62)48(47-67-57-55(65)54(64)53(63)51(46-59)68-57)58-56(66)50(61)45-43-41-39-37-35-33-30-20-18-16-14-12-10-8-6-4-2/h29,31,36,38,48-55,57,59-65H,3-28,30,32-35,37,39-47H2,1-2H3,(H,58,66)/b31-29+,38-36+. The molecule has 1 aliphatic heterocycles. The third-order valence-electron chi connectivity index (χ3n) is 14.0. The predicted octanol–water partition coefficient (Wildman–Crippen LogP) is 11.7. The van der Waals surface area contributed by atoms with Crippen molar-refractivity contribution >= 4 is 5.91 Å². The fraction of sp³-hybridized carbons (Fsp3) is 0.912. The molecule has 1 rings (SSSR count). The molecule has 8 N–H and O–H groups in total. The van der Waals surface area contributed by atoms with Gasteiger partial charge < -0.3 is 50.5 Å². The van der Waals surface area contributed by atoms with Gasteiger partial charge in [-0.2, -0.15) is 0 Å². The van der Waals surface area contributed by atoms with Crippen molar-refractivity contribution in [1.82, 2.24) is 5.32 Å². The molecule has 0 aromatic rings. The Morgan fingerprint density at radius 2 is 0.882 bits per heavy atom. The van der Waals surface area contributed by atoms with Crippen LogP contribution < -0.4 is 5.32 Å². The van der Waals surface area contributed by atoms with Crippen molar-refractivity contribution < 1.29 is 50.0 Å². The van der Waals surface area contributed by atoms with Crippen molar-refractivity contribution in [3.63, 3.8) is 0 Å². The van der Waals surface area contributed by atoms with Gasteiger partial charge in [0.15, 0.2) is 6.29 Å². The zero-order valence-corrected chi connectivity index (χ0v) is 43.9. The summed E-state index contributed by atoms with van der Waals surface area (Å²) in [6.07, 6.45) is 43.8. The molecule has 1 amide bonds. The molecule has 9 unspecified atom stereocenters. The first kappa shape index (κ1) is 64.6. The normalized spacial score (nSPS) is 20.6. The Morgan fingerprint density at radius 3 is 1.31 bits per heavy atom. The summed E-state index contributed by atoms with van der Waals surface area (Å²) in [5.74, 6) is -0.707. The van der Waals surface area contributed by atoms with Crippen LogP contribution >= 0.6 is 0 Å². The first-order chi connectivity index (χ1) is 33.2. The molecule has 1 saturated heterocycles. The minimum atomic E-state index is -1.67. The van der Waals surface area contributed by atoms with Crippen molar-refractivity contribution in [2.24, 2.45) is 0 Å².